The van der Waals surface area contributed by atoms with Crippen molar-refractivity contribution in [3.63, 3.8) is 0 Å². The van der Waals surface area contributed by atoms with Crippen LogP contribution in [0.5, 0.6) is 0 Å². The minimum atomic E-state index is -4.29. The third kappa shape index (κ3) is 8.25. The van der Waals surface area contributed by atoms with Crippen LogP contribution in [0.2, 0.25) is 0 Å². The predicted molar refractivity (Wildman–Crippen MR) is 96.8 cm³/mol. The molecule has 7 heteroatoms. The van der Waals surface area contributed by atoms with Crippen LogP contribution in [-0.2, 0) is 12.6 Å². The standard InChI is InChI=1S/C18H29F3N4/c1-17(2,13-25(4)5)12-24-16(22-3)23-11-10-14-6-8-15(9-7-14)18(19,20)21/h6-9H,10-13H2,1-5H3,(H2,22,23,24). The van der Waals surface area contributed by atoms with Gasteiger partial charge in [0.2, 0.25) is 0 Å². The summed E-state index contributed by atoms with van der Waals surface area (Å²) in [5.74, 6) is 0.693. The first kappa shape index (κ1) is 21.3. The van der Waals surface area contributed by atoms with Crippen LogP contribution >= 0.6 is 0 Å². The number of alkyl halides is 3. The molecule has 0 aliphatic heterocycles. The third-order valence-corrected chi connectivity index (χ3v) is 3.69. The molecule has 0 amide bonds. The van der Waals surface area contributed by atoms with E-state index in [2.05, 4.69) is 34.4 Å². The van der Waals surface area contributed by atoms with Gasteiger partial charge in [0.05, 0.1) is 5.56 Å². The van der Waals surface area contributed by atoms with Crippen molar-refractivity contribution in [3.8, 4) is 0 Å². The lowest BCUT2D eigenvalue weighted by molar-refractivity contribution is -0.137. The third-order valence-electron chi connectivity index (χ3n) is 3.69. The Labute approximate surface area is 148 Å². The highest BCUT2D eigenvalue weighted by Crippen LogP contribution is 2.29. The number of hydrogen-bond acceptors (Lipinski definition) is 2. The Hall–Kier alpha value is -1.76. The lowest BCUT2D eigenvalue weighted by Gasteiger charge is -2.29. The molecular formula is C18H29F3N4. The summed E-state index contributed by atoms with van der Waals surface area (Å²) >= 11 is 0. The van der Waals surface area contributed by atoms with E-state index in [0.29, 0.717) is 18.9 Å². The van der Waals surface area contributed by atoms with E-state index in [1.54, 1.807) is 7.05 Å². The molecule has 0 unspecified atom stereocenters. The fourth-order valence-electron chi connectivity index (χ4n) is 2.64. The number of halogens is 3. The smallest absolute Gasteiger partial charge is 0.356 e. The second kappa shape index (κ2) is 9.08. The molecule has 1 aromatic carbocycles. The monoisotopic (exact) mass is 358 g/mol. The largest absolute Gasteiger partial charge is 0.416 e. The summed E-state index contributed by atoms with van der Waals surface area (Å²) < 4.78 is 37.6. The summed E-state index contributed by atoms with van der Waals surface area (Å²) in [5.41, 5.74) is 0.322. The highest BCUT2D eigenvalue weighted by Gasteiger charge is 2.29. The Morgan fingerprint density at radius 3 is 2.16 bits per heavy atom. The van der Waals surface area contributed by atoms with Gasteiger partial charge in [-0.25, -0.2) is 0 Å². The van der Waals surface area contributed by atoms with Crippen LogP contribution in [0.4, 0.5) is 13.2 Å². The second-order valence-corrected chi connectivity index (χ2v) is 7.20. The molecule has 2 N–H and O–H groups in total. The fourth-order valence-corrected chi connectivity index (χ4v) is 2.64. The van der Waals surface area contributed by atoms with Crippen LogP contribution in [-0.4, -0.2) is 51.6 Å². The van der Waals surface area contributed by atoms with Gasteiger partial charge in [0.25, 0.3) is 0 Å². The number of rotatable bonds is 7. The maximum Gasteiger partial charge on any atom is 0.416 e. The van der Waals surface area contributed by atoms with Crippen LogP contribution < -0.4 is 10.6 Å². The molecule has 0 radical (unpaired) electrons. The number of nitrogens with one attached hydrogen (secondary N) is 2. The first-order valence-electron chi connectivity index (χ1n) is 8.29. The van der Waals surface area contributed by atoms with E-state index in [4.69, 9.17) is 0 Å². The molecule has 1 aromatic rings. The minimum Gasteiger partial charge on any atom is -0.356 e. The molecule has 0 aliphatic rings. The van der Waals surface area contributed by atoms with E-state index in [1.165, 1.54) is 12.1 Å². The van der Waals surface area contributed by atoms with E-state index in [1.807, 2.05) is 14.1 Å². The van der Waals surface area contributed by atoms with Crippen molar-refractivity contribution in [2.45, 2.75) is 26.4 Å². The molecular weight excluding hydrogens is 329 g/mol. The topological polar surface area (TPSA) is 39.7 Å². The van der Waals surface area contributed by atoms with Gasteiger partial charge in [0, 0.05) is 26.7 Å². The summed E-state index contributed by atoms with van der Waals surface area (Å²) in [6.07, 6.45) is -3.66. The van der Waals surface area contributed by atoms with Gasteiger partial charge in [-0.1, -0.05) is 26.0 Å². The minimum absolute atomic E-state index is 0.0918. The summed E-state index contributed by atoms with van der Waals surface area (Å²) in [6, 6.07) is 5.26. The van der Waals surface area contributed by atoms with Gasteiger partial charge >= 0.3 is 6.18 Å². The average Bonchev–Trinajstić information content (AvgIpc) is 2.49. The van der Waals surface area contributed by atoms with Crippen molar-refractivity contribution < 1.29 is 13.2 Å². The van der Waals surface area contributed by atoms with E-state index in [-0.39, 0.29) is 5.41 Å². The van der Waals surface area contributed by atoms with Crippen LogP contribution in [0.25, 0.3) is 0 Å². The molecule has 1 rings (SSSR count). The average molecular weight is 358 g/mol. The molecule has 0 aromatic heterocycles. The maximum atomic E-state index is 12.5. The number of aliphatic imine (C=N–C) groups is 1. The Morgan fingerprint density at radius 2 is 1.68 bits per heavy atom. The zero-order valence-electron chi connectivity index (χ0n) is 15.7. The van der Waals surface area contributed by atoms with Crippen molar-refractivity contribution in [3.05, 3.63) is 35.4 Å². The summed E-state index contributed by atoms with van der Waals surface area (Å²) in [4.78, 5) is 6.32. The molecule has 0 fully saturated rings. The SMILES string of the molecule is CN=C(NCCc1ccc(C(F)(F)F)cc1)NCC(C)(C)CN(C)C. The van der Waals surface area contributed by atoms with Crippen molar-refractivity contribution in [2.75, 3.05) is 40.8 Å². The van der Waals surface area contributed by atoms with Crippen LogP contribution in [0.1, 0.15) is 25.0 Å². The molecule has 0 saturated carbocycles. The number of hydrogen-bond donors (Lipinski definition) is 2. The highest BCUT2D eigenvalue weighted by atomic mass is 19.4. The first-order chi connectivity index (χ1) is 11.5. The van der Waals surface area contributed by atoms with Gasteiger partial charge in [0.1, 0.15) is 0 Å². The van der Waals surface area contributed by atoms with Gasteiger partial charge in [-0.15, -0.1) is 0 Å². The van der Waals surface area contributed by atoms with Gasteiger partial charge in [0.15, 0.2) is 5.96 Å². The molecule has 25 heavy (non-hydrogen) atoms. The Balaban J connectivity index is 2.43. The Morgan fingerprint density at radius 1 is 1.08 bits per heavy atom. The lowest BCUT2D eigenvalue weighted by Crippen LogP contribution is -2.45. The quantitative estimate of drug-likeness (QED) is 0.581. The first-order valence-corrected chi connectivity index (χ1v) is 8.29. The predicted octanol–water partition coefficient (Wildman–Crippen LogP) is 3.00. The van der Waals surface area contributed by atoms with E-state index >= 15 is 0 Å². The zero-order chi connectivity index (χ0) is 19.1. The van der Waals surface area contributed by atoms with Gasteiger partial charge in [-0.3, -0.25) is 4.99 Å². The van der Waals surface area contributed by atoms with E-state index in [0.717, 1.165) is 30.8 Å². The molecule has 0 heterocycles. The van der Waals surface area contributed by atoms with Crippen LogP contribution in [0.15, 0.2) is 29.3 Å². The summed E-state index contributed by atoms with van der Waals surface area (Å²) in [5, 5.41) is 6.49. The Bertz CT molecular complexity index is 548. The Kier molecular flexibility index (Phi) is 7.73. The van der Waals surface area contributed by atoms with Crippen molar-refractivity contribution >= 4 is 5.96 Å². The molecule has 142 valence electrons. The second-order valence-electron chi connectivity index (χ2n) is 7.20. The molecule has 0 aliphatic carbocycles. The number of nitrogens with zero attached hydrogens (tertiary/aromatic N) is 2. The molecule has 0 spiro atoms. The van der Waals surface area contributed by atoms with Crippen LogP contribution in [0.3, 0.4) is 0 Å². The number of guanidine groups is 1. The van der Waals surface area contributed by atoms with Gasteiger partial charge in [-0.05, 0) is 43.6 Å². The van der Waals surface area contributed by atoms with Crippen molar-refractivity contribution in [2.24, 2.45) is 10.4 Å². The summed E-state index contributed by atoms with van der Waals surface area (Å²) in [6.45, 7) is 6.66. The lowest BCUT2D eigenvalue weighted by atomic mass is 9.93. The molecule has 4 nitrogen and oxygen atoms in total. The van der Waals surface area contributed by atoms with Gasteiger partial charge < -0.3 is 15.5 Å². The number of benzene rings is 1. The normalized spacial score (nSPS) is 13.2. The molecule has 0 saturated heterocycles. The molecule has 0 atom stereocenters. The van der Waals surface area contributed by atoms with Crippen LogP contribution in [0, 0.1) is 5.41 Å². The van der Waals surface area contributed by atoms with E-state index in [9.17, 15) is 13.2 Å². The zero-order valence-corrected chi connectivity index (χ0v) is 15.7. The summed E-state index contributed by atoms with van der Waals surface area (Å²) in [7, 11) is 5.78. The molecule has 0 bridgehead atoms. The van der Waals surface area contributed by atoms with Gasteiger partial charge in [-0.2, -0.15) is 13.2 Å². The highest BCUT2D eigenvalue weighted by molar-refractivity contribution is 5.79. The van der Waals surface area contributed by atoms with Crippen molar-refractivity contribution in [1.82, 2.24) is 15.5 Å². The van der Waals surface area contributed by atoms with Crippen molar-refractivity contribution in [1.29, 1.82) is 0 Å². The maximum absolute atomic E-state index is 12.5. The fraction of sp³-hybridized carbons (Fsp3) is 0.611. The van der Waals surface area contributed by atoms with E-state index < -0.39 is 11.7 Å².